The predicted molar refractivity (Wildman–Crippen MR) is 62.3 cm³/mol. The number of carboxylic acid groups (broad SMARTS) is 1. The van der Waals surface area contributed by atoms with E-state index in [1.54, 1.807) is 19.9 Å². The van der Waals surface area contributed by atoms with E-state index in [4.69, 9.17) is 4.74 Å². The van der Waals surface area contributed by atoms with Crippen molar-refractivity contribution in [3.8, 4) is 0 Å². The minimum absolute atomic E-state index is 0.263. The highest BCUT2D eigenvalue weighted by molar-refractivity contribution is 5.68. The zero-order valence-electron chi connectivity index (χ0n) is 10.7. The second kappa shape index (κ2) is 3.48. The summed E-state index contributed by atoms with van der Waals surface area (Å²) in [4.78, 5) is 12.8. The van der Waals surface area contributed by atoms with Crippen LogP contribution in [-0.2, 0) is 4.74 Å². The van der Waals surface area contributed by atoms with Crippen LogP contribution in [0.3, 0.4) is 0 Å². The molecule has 16 heavy (non-hydrogen) atoms. The highest BCUT2D eigenvalue weighted by Crippen LogP contribution is 2.46. The molecule has 1 aliphatic rings. The molecule has 0 aromatic heterocycles. The summed E-state index contributed by atoms with van der Waals surface area (Å²) in [5.41, 5.74) is -1.75. The van der Waals surface area contributed by atoms with Gasteiger partial charge in [0.05, 0.1) is 12.1 Å². The first-order valence-electron chi connectivity index (χ1n) is 5.39. The van der Waals surface area contributed by atoms with Gasteiger partial charge in [0, 0.05) is 0 Å². The van der Waals surface area contributed by atoms with Crippen LogP contribution in [0, 0.1) is 5.41 Å². The molecule has 1 rings (SSSR count). The zero-order chi connectivity index (χ0) is 12.8. The summed E-state index contributed by atoms with van der Waals surface area (Å²) in [6.07, 6.45) is 0.716. The summed E-state index contributed by atoms with van der Waals surface area (Å²) >= 11 is 0. The second-order valence-electron chi connectivity index (χ2n) is 5.73. The van der Waals surface area contributed by atoms with Gasteiger partial charge in [-0.05, 0) is 19.3 Å². The van der Waals surface area contributed by atoms with Crippen molar-refractivity contribution in [2.24, 2.45) is 5.41 Å². The number of hydrogen-bond acceptors (Lipinski definition) is 2. The Bertz CT molecular complexity index is 313. The van der Waals surface area contributed by atoms with Crippen LogP contribution < -0.4 is 0 Å². The van der Waals surface area contributed by atoms with Gasteiger partial charge in [-0.25, -0.2) is 4.79 Å². The van der Waals surface area contributed by atoms with E-state index < -0.39 is 17.4 Å². The fourth-order valence-electron chi connectivity index (χ4n) is 2.31. The summed E-state index contributed by atoms with van der Waals surface area (Å²) in [6.45, 7) is 13.7. The smallest absolute Gasteiger partial charge is 0.410 e. The average Bonchev–Trinajstić information content (AvgIpc) is 2.36. The lowest BCUT2D eigenvalue weighted by molar-refractivity contribution is -0.0510. The van der Waals surface area contributed by atoms with E-state index in [0.29, 0.717) is 6.61 Å². The van der Waals surface area contributed by atoms with Crippen molar-refractivity contribution >= 4 is 6.09 Å². The standard InChI is InChI=1S/C12H21NO3/c1-7-12(10(2,3)4)8-16-11(5,6)13(12)9(14)15/h7H,1,8H2,2-6H3,(H,14,15)/t12-/m0/s1. The quantitative estimate of drug-likeness (QED) is 0.701. The second-order valence-corrected chi connectivity index (χ2v) is 5.73. The number of rotatable bonds is 1. The highest BCUT2D eigenvalue weighted by Gasteiger charge is 2.58. The van der Waals surface area contributed by atoms with E-state index in [2.05, 4.69) is 6.58 Å². The first kappa shape index (κ1) is 13.0. The molecule has 1 atom stereocenters. The Balaban J connectivity index is 3.32. The number of ether oxygens (including phenoxy) is 1. The van der Waals surface area contributed by atoms with E-state index in [0.717, 1.165) is 0 Å². The molecule has 0 unspecified atom stereocenters. The molecule has 0 aromatic carbocycles. The van der Waals surface area contributed by atoms with Gasteiger partial charge in [0.25, 0.3) is 0 Å². The van der Waals surface area contributed by atoms with Crippen LogP contribution in [0.15, 0.2) is 12.7 Å². The molecule has 0 aromatic rings. The Morgan fingerprint density at radius 2 is 2.00 bits per heavy atom. The molecule has 92 valence electrons. The van der Waals surface area contributed by atoms with Gasteiger partial charge in [-0.3, -0.25) is 4.90 Å². The number of nitrogens with zero attached hydrogens (tertiary/aromatic N) is 1. The third kappa shape index (κ3) is 1.61. The summed E-state index contributed by atoms with van der Waals surface area (Å²) in [6, 6.07) is 0. The van der Waals surface area contributed by atoms with Crippen LogP contribution in [0.25, 0.3) is 0 Å². The van der Waals surface area contributed by atoms with Crippen molar-refractivity contribution in [3.05, 3.63) is 12.7 Å². The topological polar surface area (TPSA) is 49.8 Å². The van der Waals surface area contributed by atoms with Crippen molar-refractivity contribution in [3.63, 3.8) is 0 Å². The Morgan fingerprint density at radius 1 is 1.50 bits per heavy atom. The maximum Gasteiger partial charge on any atom is 0.410 e. The third-order valence-electron chi connectivity index (χ3n) is 3.41. The van der Waals surface area contributed by atoms with Gasteiger partial charge in [0.2, 0.25) is 0 Å². The van der Waals surface area contributed by atoms with Gasteiger partial charge >= 0.3 is 6.09 Å². The van der Waals surface area contributed by atoms with Gasteiger partial charge in [0.1, 0.15) is 5.72 Å². The van der Waals surface area contributed by atoms with E-state index in [1.807, 2.05) is 20.8 Å². The van der Waals surface area contributed by atoms with Crippen molar-refractivity contribution < 1.29 is 14.6 Å². The molecule has 0 aliphatic carbocycles. The number of hydrogen-bond donors (Lipinski definition) is 1. The van der Waals surface area contributed by atoms with E-state index >= 15 is 0 Å². The van der Waals surface area contributed by atoms with Crippen LogP contribution in [0.1, 0.15) is 34.6 Å². The lowest BCUT2D eigenvalue weighted by atomic mass is 9.73. The SMILES string of the molecule is C=C[C@@]1(C(C)(C)C)COC(C)(C)N1C(=O)O. The lowest BCUT2D eigenvalue weighted by Crippen LogP contribution is -2.60. The fraction of sp³-hybridized carbons (Fsp3) is 0.750. The van der Waals surface area contributed by atoms with Gasteiger partial charge in [-0.15, -0.1) is 6.58 Å². The van der Waals surface area contributed by atoms with Crippen LogP contribution in [0.4, 0.5) is 4.79 Å². The minimum Gasteiger partial charge on any atom is -0.465 e. The molecule has 1 fully saturated rings. The monoisotopic (exact) mass is 227 g/mol. The maximum absolute atomic E-state index is 11.4. The third-order valence-corrected chi connectivity index (χ3v) is 3.41. The summed E-state index contributed by atoms with van der Waals surface area (Å²) in [5, 5.41) is 9.38. The molecular weight excluding hydrogens is 206 g/mol. The highest BCUT2D eigenvalue weighted by atomic mass is 16.5. The Labute approximate surface area is 96.9 Å². The molecule has 1 aliphatic heterocycles. The van der Waals surface area contributed by atoms with Crippen LogP contribution >= 0.6 is 0 Å². The molecular formula is C12H21NO3. The molecule has 0 spiro atoms. The van der Waals surface area contributed by atoms with Crippen molar-refractivity contribution in [2.45, 2.75) is 45.9 Å². The van der Waals surface area contributed by atoms with E-state index in [-0.39, 0.29) is 5.41 Å². The Morgan fingerprint density at radius 3 is 2.25 bits per heavy atom. The van der Waals surface area contributed by atoms with Gasteiger partial charge in [-0.1, -0.05) is 26.8 Å². The van der Waals surface area contributed by atoms with Crippen LogP contribution in [-0.4, -0.2) is 34.0 Å². The van der Waals surface area contributed by atoms with Crippen LogP contribution in [0.2, 0.25) is 0 Å². The molecule has 1 amide bonds. The first-order chi connectivity index (χ1) is 7.08. The molecule has 0 saturated carbocycles. The first-order valence-corrected chi connectivity index (χ1v) is 5.39. The van der Waals surface area contributed by atoms with Crippen molar-refractivity contribution in [1.82, 2.24) is 4.90 Å². The summed E-state index contributed by atoms with van der Waals surface area (Å²) in [7, 11) is 0. The average molecular weight is 227 g/mol. The maximum atomic E-state index is 11.4. The zero-order valence-corrected chi connectivity index (χ0v) is 10.7. The molecule has 1 saturated heterocycles. The fourth-order valence-corrected chi connectivity index (χ4v) is 2.31. The lowest BCUT2D eigenvalue weighted by Gasteiger charge is -2.46. The summed E-state index contributed by atoms with van der Waals surface area (Å²) in [5.74, 6) is 0. The predicted octanol–water partition coefficient (Wildman–Crippen LogP) is 2.70. The van der Waals surface area contributed by atoms with Gasteiger partial charge in [-0.2, -0.15) is 0 Å². The van der Waals surface area contributed by atoms with Gasteiger partial charge < -0.3 is 9.84 Å². The number of amides is 1. The van der Waals surface area contributed by atoms with Crippen molar-refractivity contribution in [1.29, 1.82) is 0 Å². The summed E-state index contributed by atoms with van der Waals surface area (Å²) < 4.78 is 5.62. The number of carbonyl (C=O) groups is 1. The van der Waals surface area contributed by atoms with Crippen LogP contribution in [0.5, 0.6) is 0 Å². The normalized spacial score (nSPS) is 29.2. The molecule has 4 nitrogen and oxygen atoms in total. The largest absolute Gasteiger partial charge is 0.465 e. The molecule has 1 heterocycles. The molecule has 1 N–H and O–H groups in total. The molecule has 0 bridgehead atoms. The molecule has 4 heteroatoms. The van der Waals surface area contributed by atoms with E-state index in [9.17, 15) is 9.90 Å². The Hall–Kier alpha value is -1.03. The Kier molecular flexibility index (Phi) is 2.84. The minimum atomic E-state index is -0.975. The van der Waals surface area contributed by atoms with E-state index in [1.165, 1.54) is 4.90 Å². The van der Waals surface area contributed by atoms with Crippen molar-refractivity contribution in [2.75, 3.05) is 6.61 Å². The molecule has 0 radical (unpaired) electrons. The van der Waals surface area contributed by atoms with Gasteiger partial charge in [0.15, 0.2) is 0 Å².